The summed E-state index contributed by atoms with van der Waals surface area (Å²) in [5, 5.41) is 6.79. The van der Waals surface area contributed by atoms with Crippen molar-refractivity contribution in [3.63, 3.8) is 0 Å². The van der Waals surface area contributed by atoms with E-state index in [-0.39, 0.29) is 0 Å². The summed E-state index contributed by atoms with van der Waals surface area (Å²) in [6, 6.07) is 2.64. The zero-order chi connectivity index (χ0) is 13.0. The number of nitrogens with one attached hydrogen (secondary N) is 2. The first kappa shape index (κ1) is 13.1. The van der Waals surface area contributed by atoms with E-state index in [4.69, 9.17) is 0 Å². The highest BCUT2D eigenvalue weighted by molar-refractivity contribution is 5.48. The first-order valence-electron chi connectivity index (χ1n) is 7.15. The number of hydrogen-bond acceptors (Lipinski definition) is 4. The molecule has 1 fully saturated rings. The molecule has 2 N–H and O–H groups in total. The normalized spacial score (nSPS) is 21.7. The van der Waals surface area contributed by atoms with Gasteiger partial charge in [0.05, 0.1) is 0 Å². The topological polar surface area (TPSA) is 49.8 Å². The van der Waals surface area contributed by atoms with Gasteiger partial charge in [0.25, 0.3) is 0 Å². The van der Waals surface area contributed by atoms with Gasteiger partial charge in [-0.3, -0.25) is 0 Å². The van der Waals surface area contributed by atoms with Crippen LogP contribution in [0.15, 0.2) is 6.07 Å². The van der Waals surface area contributed by atoms with E-state index in [2.05, 4.69) is 41.4 Å². The van der Waals surface area contributed by atoms with Gasteiger partial charge in [0.15, 0.2) is 0 Å². The molecule has 4 nitrogen and oxygen atoms in total. The van der Waals surface area contributed by atoms with E-state index < -0.39 is 0 Å². The Kier molecular flexibility index (Phi) is 4.39. The van der Waals surface area contributed by atoms with Crippen LogP contribution in [0.2, 0.25) is 0 Å². The van der Waals surface area contributed by atoms with Gasteiger partial charge in [-0.1, -0.05) is 20.3 Å². The lowest BCUT2D eigenvalue weighted by atomic mass is 10.2. The molecular weight excluding hydrogens is 224 g/mol. The molecule has 4 heteroatoms. The Hall–Kier alpha value is -1.32. The Morgan fingerprint density at radius 1 is 1.22 bits per heavy atom. The van der Waals surface area contributed by atoms with E-state index in [0.717, 1.165) is 36.3 Å². The maximum absolute atomic E-state index is 4.55. The number of aromatic nitrogens is 2. The molecule has 0 aliphatic heterocycles. The lowest BCUT2D eigenvalue weighted by Crippen LogP contribution is -2.10. The number of hydrogen-bond donors (Lipinski definition) is 2. The zero-order valence-corrected chi connectivity index (χ0v) is 11.7. The Balaban J connectivity index is 2.01. The minimum atomic E-state index is 0.624. The Bertz CT molecular complexity index is 391. The number of rotatable bonds is 7. The molecule has 2 rings (SSSR count). The fraction of sp³-hybridized carbons (Fsp3) is 0.714. The second-order valence-corrected chi connectivity index (χ2v) is 4.97. The summed E-state index contributed by atoms with van der Waals surface area (Å²) in [6.45, 7) is 7.31. The van der Waals surface area contributed by atoms with Gasteiger partial charge in [-0.2, -0.15) is 0 Å². The van der Waals surface area contributed by atoms with Gasteiger partial charge in [-0.05, 0) is 25.7 Å². The number of aryl methyl sites for hydroxylation is 1. The van der Waals surface area contributed by atoms with Crippen LogP contribution in [0.1, 0.15) is 45.9 Å². The molecule has 100 valence electrons. The Morgan fingerprint density at radius 2 is 2.00 bits per heavy atom. The van der Waals surface area contributed by atoms with E-state index in [0.29, 0.717) is 6.04 Å². The van der Waals surface area contributed by atoms with Crippen molar-refractivity contribution >= 4 is 11.6 Å². The first-order valence-corrected chi connectivity index (χ1v) is 7.15. The quantitative estimate of drug-likeness (QED) is 0.778. The molecule has 2 atom stereocenters. The molecule has 1 saturated carbocycles. The van der Waals surface area contributed by atoms with Gasteiger partial charge >= 0.3 is 0 Å². The molecule has 1 aliphatic carbocycles. The van der Waals surface area contributed by atoms with Crippen LogP contribution in [0.4, 0.5) is 11.6 Å². The molecule has 2 unspecified atom stereocenters. The largest absolute Gasteiger partial charge is 0.370 e. The van der Waals surface area contributed by atoms with Crippen molar-refractivity contribution in [2.45, 2.75) is 52.5 Å². The fourth-order valence-corrected chi connectivity index (χ4v) is 2.31. The molecule has 1 aliphatic rings. The van der Waals surface area contributed by atoms with Crippen molar-refractivity contribution in [3.8, 4) is 0 Å². The Morgan fingerprint density at radius 3 is 2.67 bits per heavy atom. The zero-order valence-electron chi connectivity index (χ0n) is 11.7. The van der Waals surface area contributed by atoms with Crippen LogP contribution in [0.25, 0.3) is 0 Å². The van der Waals surface area contributed by atoms with Crippen LogP contribution in [-0.2, 0) is 6.42 Å². The molecule has 18 heavy (non-hydrogen) atoms. The smallest absolute Gasteiger partial charge is 0.132 e. The second-order valence-electron chi connectivity index (χ2n) is 4.97. The van der Waals surface area contributed by atoms with Crippen molar-refractivity contribution in [2.75, 3.05) is 17.2 Å². The van der Waals surface area contributed by atoms with Crippen molar-refractivity contribution in [1.82, 2.24) is 9.97 Å². The monoisotopic (exact) mass is 248 g/mol. The third kappa shape index (κ3) is 3.34. The first-order chi connectivity index (χ1) is 8.76. The average molecular weight is 248 g/mol. The predicted octanol–water partition coefficient (Wildman–Crippen LogP) is 3.07. The highest BCUT2D eigenvalue weighted by Crippen LogP contribution is 2.37. The van der Waals surface area contributed by atoms with E-state index in [1.807, 2.05) is 6.07 Å². The summed E-state index contributed by atoms with van der Waals surface area (Å²) >= 11 is 0. The molecular formula is C14H24N4. The average Bonchev–Trinajstić information content (AvgIpc) is 3.08. The predicted molar refractivity (Wildman–Crippen MR) is 76.0 cm³/mol. The molecule has 1 heterocycles. The highest BCUT2D eigenvalue weighted by Gasteiger charge is 2.36. The molecule has 1 aromatic rings. The van der Waals surface area contributed by atoms with E-state index in [9.17, 15) is 0 Å². The third-order valence-electron chi connectivity index (χ3n) is 3.36. The molecule has 0 saturated heterocycles. The van der Waals surface area contributed by atoms with Crippen LogP contribution in [0.3, 0.4) is 0 Å². The van der Waals surface area contributed by atoms with Crippen molar-refractivity contribution in [3.05, 3.63) is 11.9 Å². The van der Waals surface area contributed by atoms with Gasteiger partial charge in [-0.15, -0.1) is 0 Å². The summed E-state index contributed by atoms with van der Waals surface area (Å²) in [5.41, 5.74) is 0. The van der Waals surface area contributed by atoms with Crippen LogP contribution in [0, 0.1) is 5.92 Å². The maximum Gasteiger partial charge on any atom is 0.132 e. The van der Waals surface area contributed by atoms with Gasteiger partial charge in [0, 0.05) is 25.1 Å². The Labute approximate surface area is 110 Å². The van der Waals surface area contributed by atoms with E-state index in [1.54, 1.807) is 0 Å². The van der Waals surface area contributed by atoms with Crippen molar-refractivity contribution < 1.29 is 0 Å². The van der Waals surface area contributed by atoms with Crippen LogP contribution < -0.4 is 10.6 Å². The lowest BCUT2D eigenvalue weighted by Gasteiger charge is -2.09. The summed E-state index contributed by atoms with van der Waals surface area (Å²) in [7, 11) is 0. The van der Waals surface area contributed by atoms with Crippen LogP contribution in [-0.4, -0.2) is 22.6 Å². The van der Waals surface area contributed by atoms with Gasteiger partial charge in [0.1, 0.15) is 17.5 Å². The van der Waals surface area contributed by atoms with E-state index >= 15 is 0 Å². The van der Waals surface area contributed by atoms with Crippen LogP contribution in [0.5, 0.6) is 0 Å². The standard InChI is InChI=1S/C14H24N4/c1-4-7-10-8-11(10)16-14-9-13(15-6-3)17-12(5-2)18-14/h9-11H,4-8H2,1-3H3,(H2,15,16,17,18). The minimum Gasteiger partial charge on any atom is -0.370 e. The minimum absolute atomic E-state index is 0.624. The van der Waals surface area contributed by atoms with Crippen molar-refractivity contribution in [2.24, 2.45) is 5.92 Å². The summed E-state index contributed by atoms with van der Waals surface area (Å²) in [4.78, 5) is 9.01. The number of nitrogens with zero attached hydrogens (tertiary/aromatic N) is 2. The van der Waals surface area contributed by atoms with Gasteiger partial charge in [-0.25, -0.2) is 9.97 Å². The lowest BCUT2D eigenvalue weighted by molar-refractivity contribution is 0.692. The second kappa shape index (κ2) is 6.03. The van der Waals surface area contributed by atoms with E-state index in [1.165, 1.54) is 19.3 Å². The molecule has 0 radical (unpaired) electrons. The number of anilines is 2. The fourth-order valence-electron chi connectivity index (χ4n) is 2.31. The van der Waals surface area contributed by atoms with Gasteiger partial charge in [0.2, 0.25) is 0 Å². The summed E-state index contributed by atoms with van der Waals surface area (Å²) < 4.78 is 0. The summed E-state index contributed by atoms with van der Waals surface area (Å²) in [6.07, 6.45) is 4.76. The van der Waals surface area contributed by atoms with Crippen molar-refractivity contribution in [1.29, 1.82) is 0 Å². The molecule has 0 bridgehead atoms. The van der Waals surface area contributed by atoms with Gasteiger partial charge < -0.3 is 10.6 Å². The maximum atomic E-state index is 4.55. The molecule has 0 aromatic carbocycles. The molecule has 0 spiro atoms. The molecule has 1 aromatic heterocycles. The SMILES string of the molecule is CCCC1CC1Nc1cc(NCC)nc(CC)n1. The summed E-state index contributed by atoms with van der Waals surface area (Å²) in [5.74, 6) is 3.65. The molecule has 0 amide bonds. The highest BCUT2D eigenvalue weighted by atomic mass is 15.1. The van der Waals surface area contributed by atoms with Crippen LogP contribution >= 0.6 is 0 Å². The third-order valence-corrected chi connectivity index (χ3v) is 3.36.